The topological polar surface area (TPSA) is 88.5 Å². The predicted octanol–water partition coefficient (Wildman–Crippen LogP) is 1.06. The number of fused-ring (bicyclic) bond motifs is 1. The summed E-state index contributed by atoms with van der Waals surface area (Å²) >= 11 is 0. The fourth-order valence-electron chi connectivity index (χ4n) is 1.65. The third-order valence-corrected chi connectivity index (χ3v) is 2.52. The number of ether oxygens (including phenoxy) is 1. The number of aromatic nitrogens is 1. The number of carbonyl (C=O) groups excluding carboxylic acids is 1. The van der Waals surface area contributed by atoms with Crippen LogP contribution in [0.25, 0.3) is 10.9 Å². The van der Waals surface area contributed by atoms with Crippen LogP contribution in [0.3, 0.4) is 0 Å². The molecular formula is C13H12N2O4. The first kappa shape index (κ1) is 12.8. The lowest BCUT2D eigenvalue weighted by atomic mass is 10.2. The van der Waals surface area contributed by atoms with Gasteiger partial charge >= 0.3 is 5.97 Å². The van der Waals surface area contributed by atoms with E-state index >= 15 is 0 Å². The van der Waals surface area contributed by atoms with Gasteiger partial charge in [-0.15, -0.1) is 0 Å². The largest absolute Gasteiger partial charge is 0.494 e. The van der Waals surface area contributed by atoms with E-state index in [2.05, 4.69) is 10.3 Å². The zero-order valence-electron chi connectivity index (χ0n) is 10.2. The number of carboxylic acids is 1. The number of methoxy groups -OCH3 is 1. The van der Waals surface area contributed by atoms with Crippen LogP contribution >= 0.6 is 0 Å². The number of hydrogen-bond acceptors (Lipinski definition) is 4. The summed E-state index contributed by atoms with van der Waals surface area (Å²) in [4.78, 5) is 26.5. The van der Waals surface area contributed by atoms with Crippen LogP contribution < -0.4 is 10.1 Å². The minimum Gasteiger partial charge on any atom is -0.494 e. The number of nitrogens with one attached hydrogen (secondary N) is 1. The van der Waals surface area contributed by atoms with Crippen molar-refractivity contribution >= 4 is 22.8 Å². The molecule has 0 bridgehead atoms. The smallest absolute Gasteiger partial charge is 0.322 e. The molecule has 0 spiro atoms. The number of carboxylic acid groups (broad SMARTS) is 1. The van der Waals surface area contributed by atoms with E-state index in [-0.39, 0.29) is 5.69 Å². The molecule has 0 radical (unpaired) electrons. The maximum absolute atomic E-state index is 11.9. The molecule has 0 saturated carbocycles. The second kappa shape index (κ2) is 5.34. The number of para-hydroxylation sites is 1. The molecule has 98 valence electrons. The van der Waals surface area contributed by atoms with E-state index < -0.39 is 18.4 Å². The number of nitrogens with zero attached hydrogens (tertiary/aromatic N) is 1. The van der Waals surface area contributed by atoms with E-state index in [1.165, 1.54) is 7.11 Å². The molecule has 0 aliphatic rings. The Balaban J connectivity index is 2.40. The lowest BCUT2D eigenvalue weighted by Crippen LogP contribution is -2.30. The molecule has 0 fully saturated rings. The van der Waals surface area contributed by atoms with Crippen LogP contribution in [0.1, 0.15) is 10.5 Å². The quantitative estimate of drug-likeness (QED) is 0.858. The van der Waals surface area contributed by atoms with Gasteiger partial charge in [0.25, 0.3) is 5.91 Å². The monoisotopic (exact) mass is 260 g/mol. The van der Waals surface area contributed by atoms with Crippen molar-refractivity contribution in [1.82, 2.24) is 10.3 Å². The Morgan fingerprint density at radius 3 is 2.79 bits per heavy atom. The van der Waals surface area contributed by atoms with Gasteiger partial charge < -0.3 is 15.2 Å². The molecule has 0 aliphatic carbocycles. The van der Waals surface area contributed by atoms with Crippen molar-refractivity contribution in [2.24, 2.45) is 0 Å². The number of benzene rings is 1. The first-order chi connectivity index (χ1) is 9.11. The molecular weight excluding hydrogens is 248 g/mol. The Morgan fingerprint density at radius 1 is 1.37 bits per heavy atom. The molecule has 0 aliphatic heterocycles. The van der Waals surface area contributed by atoms with Gasteiger partial charge in [-0.2, -0.15) is 0 Å². The van der Waals surface area contributed by atoms with Gasteiger partial charge in [-0.05, 0) is 12.1 Å². The van der Waals surface area contributed by atoms with Gasteiger partial charge in [0.05, 0.1) is 12.6 Å². The molecule has 2 N–H and O–H groups in total. The molecule has 6 nitrogen and oxygen atoms in total. The van der Waals surface area contributed by atoms with Crippen molar-refractivity contribution in [2.45, 2.75) is 0 Å². The van der Waals surface area contributed by atoms with Gasteiger partial charge in [0.2, 0.25) is 0 Å². The summed E-state index contributed by atoms with van der Waals surface area (Å²) in [6.45, 7) is -0.462. The Bertz CT molecular complexity index is 640. The summed E-state index contributed by atoms with van der Waals surface area (Å²) < 4.78 is 5.11. The zero-order chi connectivity index (χ0) is 13.8. The maximum atomic E-state index is 11.9. The number of pyridine rings is 1. The highest BCUT2D eigenvalue weighted by Crippen LogP contribution is 2.22. The molecule has 0 atom stereocenters. The van der Waals surface area contributed by atoms with Crippen molar-refractivity contribution in [3.05, 3.63) is 36.0 Å². The lowest BCUT2D eigenvalue weighted by Gasteiger charge is -2.09. The Labute approximate surface area is 109 Å². The van der Waals surface area contributed by atoms with E-state index in [1.54, 1.807) is 18.2 Å². The Hall–Kier alpha value is -2.63. The van der Waals surface area contributed by atoms with Crippen LogP contribution in [0.5, 0.6) is 5.75 Å². The SMILES string of the molecule is COc1cc2ccccc2nc1C(=O)NCC(=O)O. The highest BCUT2D eigenvalue weighted by atomic mass is 16.5. The van der Waals surface area contributed by atoms with Crippen LogP contribution in [-0.4, -0.2) is 35.6 Å². The van der Waals surface area contributed by atoms with Gasteiger partial charge in [-0.25, -0.2) is 4.98 Å². The number of amides is 1. The van der Waals surface area contributed by atoms with Crippen LogP contribution in [0, 0.1) is 0 Å². The van der Waals surface area contributed by atoms with Gasteiger partial charge in [-0.1, -0.05) is 18.2 Å². The fourth-order valence-corrected chi connectivity index (χ4v) is 1.65. The van der Waals surface area contributed by atoms with E-state index in [9.17, 15) is 9.59 Å². The third kappa shape index (κ3) is 2.79. The highest BCUT2D eigenvalue weighted by molar-refractivity contribution is 5.99. The van der Waals surface area contributed by atoms with Crippen molar-refractivity contribution in [3.63, 3.8) is 0 Å². The summed E-state index contributed by atoms with van der Waals surface area (Å²) in [7, 11) is 1.43. The lowest BCUT2D eigenvalue weighted by molar-refractivity contribution is -0.135. The average Bonchev–Trinajstić information content (AvgIpc) is 2.43. The summed E-state index contributed by atoms with van der Waals surface area (Å²) in [6.07, 6.45) is 0. The maximum Gasteiger partial charge on any atom is 0.322 e. The summed E-state index contributed by atoms with van der Waals surface area (Å²) in [5.41, 5.74) is 0.714. The first-order valence-electron chi connectivity index (χ1n) is 5.55. The van der Waals surface area contributed by atoms with E-state index in [0.29, 0.717) is 11.3 Å². The van der Waals surface area contributed by atoms with Crippen molar-refractivity contribution < 1.29 is 19.4 Å². The number of hydrogen-bond donors (Lipinski definition) is 2. The number of aliphatic carboxylic acids is 1. The molecule has 19 heavy (non-hydrogen) atoms. The summed E-state index contributed by atoms with van der Waals surface area (Å²) in [5.74, 6) is -1.39. The second-order valence-corrected chi connectivity index (χ2v) is 3.81. The van der Waals surface area contributed by atoms with Crippen LogP contribution in [0.15, 0.2) is 30.3 Å². The van der Waals surface area contributed by atoms with Crippen molar-refractivity contribution in [1.29, 1.82) is 0 Å². The van der Waals surface area contributed by atoms with Gasteiger partial charge in [0, 0.05) is 5.39 Å². The standard InChI is InChI=1S/C13H12N2O4/c1-19-10-6-8-4-2-3-5-9(8)15-12(10)13(18)14-7-11(16)17/h2-6H,7H2,1H3,(H,14,18)(H,16,17). The van der Waals surface area contributed by atoms with E-state index in [0.717, 1.165) is 5.39 Å². The molecule has 2 rings (SSSR count). The average molecular weight is 260 g/mol. The second-order valence-electron chi connectivity index (χ2n) is 3.81. The molecule has 1 aromatic heterocycles. The molecule has 0 saturated heterocycles. The van der Waals surface area contributed by atoms with Gasteiger partial charge in [-0.3, -0.25) is 9.59 Å². The first-order valence-corrected chi connectivity index (χ1v) is 5.55. The molecule has 1 amide bonds. The third-order valence-electron chi connectivity index (χ3n) is 2.52. The number of carbonyl (C=O) groups is 2. The van der Waals surface area contributed by atoms with Crippen molar-refractivity contribution in [2.75, 3.05) is 13.7 Å². The number of rotatable bonds is 4. The van der Waals surface area contributed by atoms with E-state index in [1.807, 2.05) is 12.1 Å². The molecule has 2 aromatic rings. The Kier molecular flexibility index (Phi) is 3.61. The zero-order valence-corrected chi connectivity index (χ0v) is 10.2. The predicted molar refractivity (Wildman–Crippen MR) is 68.3 cm³/mol. The molecule has 0 unspecified atom stereocenters. The molecule has 1 heterocycles. The summed E-state index contributed by atoms with van der Waals surface area (Å²) in [5, 5.41) is 11.6. The van der Waals surface area contributed by atoms with Gasteiger partial charge in [0.15, 0.2) is 11.4 Å². The van der Waals surface area contributed by atoms with Crippen LogP contribution in [0.2, 0.25) is 0 Å². The molecule has 6 heteroatoms. The Morgan fingerprint density at radius 2 is 2.11 bits per heavy atom. The van der Waals surface area contributed by atoms with E-state index in [4.69, 9.17) is 9.84 Å². The molecule has 1 aromatic carbocycles. The minimum absolute atomic E-state index is 0.0717. The summed E-state index contributed by atoms with van der Waals surface area (Å²) in [6, 6.07) is 8.97. The van der Waals surface area contributed by atoms with Gasteiger partial charge in [0.1, 0.15) is 6.54 Å². The highest BCUT2D eigenvalue weighted by Gasteiger charge is 2.16. The fraction of sp³-hybridized carbons (Fsp3) is 0.154. The normalized spacial score (nSPS) is 10.2. The minimum atomic E-state index is -1.12. The van der Waals surface area contributed by atoms with Crippen LogP contribution in [-0.2, 0) is 4.79 Å². The van der Waals surface area contributed by atoms with Crippen molar-refractivity contribution in [3.8, 4) is 5.75 Å². The van der Waals surface area contributed by atoms with Crippen LogP contribution in [0.4, 0.5) is 0 Å².